The summed E-state index contributed by atoms with van der Waals surface area (Å²) in [6.45, 7) is 1.35. The summed E-state index contributed by atoms with van der Waals surface area (Å²) in [5, 5.41) is 1.32. The van der Waals surface area contributed by atoms with Gasteiger partial charge in [-0.15, -0.1) is 0 Å². The van der Waals surface area contributed by atoms with Crippen LogP contribution in [0.25, 0.3) is 22.0 Å². The van der Waals surface area contributed by atoms with Gasteiger partial charge in [0.25, 0.3) is 5.56 Å². The lowest BCUT2D eigenvalue weighted by atomic mass is 10.0. The van der Waals surface area contributed by atoms with Crippen LogP contribution in [0, 0.1) is 0 Å². The van der Waals surface area contributed by atoms with Crippen LogP contribution < -0.4 is 5.56 Å². The van der Waals surface area contributed by atoms with Gasteiger partial charge in [-0.2, -0.15) is 0 Å². The standard InChI is InChI=1S/C19H17ClN2O2/c20-18-11-17-14(12-21-18)10-16(13-4-2-1-3-5-13)19(23)22(17)15-6-8-24-9-7-15/h1-5,10-12,15H,6-9H2. The quantitative estimate of drug-likeness (QED) is 0.660. The molecule has 0 atom stereocenters. The molecule has 1 aromatic carbocycles. The largest absolute Gasteiger partial charge is 0.381 e. The summed E-state index contributed by atoms with van der Waals surface area (Å²) in [5.41, 5.74) is 2.47. The molecule has 2 aromatic heterocycles. The molecule has 0 N–H and O–H groups in total. The maximum absolute atomic E-state index is 13.3. The molecule has 1 aliphatic heterocycles. The van der Waals surface area contributed by atoms with E-state index in [1.54, 1.807) is 12.3 Å². The first-order valence-corrected chi connectivity index (χ1v) is 8.46. The Balaban J connectivity index is 2.01. The van der Waals surface area contributed by atoms with Crippen molar-refractivity contribution in [3.8, 4) is 11.1 Å². The number of pyridine rings is 2. The molecule has 0 spiro atoms. The first kappa shape index (κ1) is 15.4. The Morgan fingerprint density at radius 1 is 1.12 bits per heavy atom. The predicted octanol–water partition coefficient (Wildman–Crippen LogP) is 4.07. The molecule has 24 heavy (non-hydrogen) atoms. The number of ether oxygens (including phenoxy) is 1. The first-order chi connectivity index (χ1) is 11.7. The topological polar surface area (TPSA) is 44.1 Å². The third-order valence-electron chi connectivity index (χ3n) is 4.53. The molecule has 3 heterocycles. The van der Waals surface area contributed by atoms with E-state index in [0.717, 1.165) is 29.3 Å². The van der Waals surface area contributed by atoms with Crippen molar-refractivity contribution in [2.75, 3.05) is 13.2 Å². The summed E-state index contributed by atoms with van der Waals surface area (Å²) in [5.74, 6) is 0. The van der Waals surface area contributed by atoms with Crippen LogP contribution in [0.4, 0.5) is 0 Å². The lowest BCUT2D eigenvalue weighted by molar-refractivity contribution is 0.0699. The van der Waals surface area contributed by atoms with Gasteiger partial charge in [0.1, 0.15) is 5.15 Å². The fourth-order valence-electron chi connectivity index (χ4n) is 3.34. The summed E-state index contributed by atoms with van der Waals surface area (Å²) in [6.07, 6.45) is 3.39. The highest BCUT2D eigenvalue weighted by atomic mass is 35.5. The highest BCUT2D eigenvalue weighted by molar-refractivity contribution is 6.30. The molecular weight excluding hydrogens is 324 g/mol. The minimum atomic E-state index is 0.0165. The Morgan fingerprint density at radius 3 is 2.62 bits per heavy atom. The third-order valence-corrected chi connectivity index (χ3v) is 4.73. The van der Waals surface area contributed by atoms with Gasteiger partial charge in [-0.25, -0.2) is 4.98 Å². The molecule has 5 heteroatoms. The van der Waals surface area contributed by atoms with Gasteiger partial charge in [-0.3, -0.25) is 4.79 Å². The molecule has 1 saturated heterocycles. The van der Waals surface area contributed by atoms with Gasteiger partial charge >= 0.3 is 0 Å². The van der Waals surface area contributed by atoms with Gasteiger partial charge in [-0.05, 0) is 30.5 Å². The zero-order valence-corrected chi connectivity index (χ0v) is 13.9. The molecule has 4 rings (SSSR count). The highest BCUT2D eigenvalue weighted by Gasteiger charge is 2.21. The van der Waals surface area contributed by atoms with Crippen LogP contribution in [0.3, 0.4) is 0 Å². The number of rotatable bonds is 2. The fraction of sp³-hybridized carbons (Fsp3) is 0.263. The number of aromatic nitrogens is 2. The van der Waals surface area contributed by atoms with Crippen LogP contribution in [0.5, 0.6) is 0 Å². The molecule has 0 aliphatic carbocycles. The van der Waals surface area contributed by atoms with Crippen molar-refractivity contribution in [1.82, 2.24) is 9.55 Å². The number of halogens is 1. The van der Waals surface area contributed by atoms with Crippen molar-refractivity contribution in [2.24, 2.45) is 0 Å². The highest BCUT2D eigenvalue weighted by Crippen LogP contribution is 2.28. The van der Waals surface area contributed by atoms with Crippen LogP contribution in [0.2, 0.25) is 5.15 Å². The number of nitrogens with zero attached hydrogens (tertiary/aromatic N) is 2. The van der Waals surface area contributed by atoms with Crippen LogP contribution in [0.15, 0.2) is 53.5 Å². The molecule has 1 fully saturated rings. The van der Waals surface area contributed by atoms with Gasteiger partial charge in [0.15, 0.2) is 0 Å². The Labute approximate surface area is 144 Å². The van der Waals surface area contributed by atoms with Gasteiger partial charge in [0, 0.05) is 36.4 Å². The predicted molar refractivity (Wildman–Crippen MR) is 95.5 cm³/mol. The second-order valence-electron chi connectivity index (χ2n) is 6.01. The van der Waals surface area contributed by atoms with E-state index in [4.69, 9.17) is 16.3 Å². The Morgan fingerprint density at radius 2 is 1.88 bits per heavy atom. The molecular formula is C19H17ClN2O2. The Kier molecular flexibility index (Phi) is 4.08. The van der Waals surface area contributed by atoms with Crippen molar-refractivity contribution >= 4 is 22.5 Å². The number of hydrogen-bond acceptors (Lipinski definition) is 3. The summed E-state index contributed by atoms with van der Waals surface area (Å²) >= 11 is 6.09. The van der Waals surface area contributed by atoms with E-state index < -0.39 is 0 Å². The van der Waals surface area contributed by atoms with Crippen molar-refractivity contribution in [3.05, 3.63) is 64.2 Å². The lowest BCUT2D eigenvalue weighted by Gasteiger charge is -2.26. The molecule has 0 saturated carbocycles. The number of benzene rings is 1. The van der Waals surface area contributed by atoms with Gasteiger partial charge < -0.3 is 9.30 Å². The maximum Gasteiger partial charge on any atom is 0.259 e. The van der Waals surface area contributed by atoms with E-state index in [1.807, 2.05) is 41.0 Å². The molecule has 122 valence electrons. The number of hydrogen-bond donors (Lipinski definition) is 0. The second-order valence-corrected chi connectivity index (χ2v) is 6.40. The van der Waals surface area contributed by atoms with Crippen LogP contribution >= 0.6 is 11.6 Å². The Bertz CT molecular complexity index is 931. The van der Waals surface area contributed by atoms with E-state index in [-0.39, 0.29) is 11.6 Å². The fourth-order valence-corrected chi connectivity index (χ4v) is 3.49. The summed E-state index contributed by atoms with van der Waals surface area (Å²) in [6, 6.07) is 13.6. The monoisotopic (exact) mass is 340 g/mol. The SMILES string of the molecule is O=c1c(-c2ccccc2)cc2cnc(Cl)cc2n1C1CCOCC1. The van der Waals surface area contributed by atoms with Crippen LogP contribution in [-0.2, 0) is 4.74 Å². The number of fused-ring (bicyclic) bond motifs is 1. The van der Waals surface area contributed by atoms with Crippen molar-refractivity contribution in [3.63, 3.8) is 0 Å². The average Bonchev–Trinajstić information content (AvgIpc) is 2.63. The van der Waals surface area contributed by atoms with Gasteiger partial charge in [-0.1, -0.05) is 41.9 Å². The summed E-state index contributed by atoms with van der Waals surface area (Å²) < 4.78 is 7.34. The van der Waals surface area contributed by atoms with E-state index in [9.17, 15) is 4.79 Å². The van der Waals surface area contributed by atoms with E-state index in [2.05, 4.69) is 4.98 Å². The van der Waals surface area contributed by atoms with Crippen molar-refractivity contribution in [1.29, 1.82) is 0 Å². The molecule has 3 aromatic rings. The maximum atomic E-state index is 13.3. The van der Waals surface area contributed by atoms with Crippen LogP contribution in [0.1, 0.15) is 18.9 Å². The van der Waals surface area contributed by atoms with E-state index in [0.29, 0.717) is 23.9 Å². The van der Waals surface area contributed by atoms with Gasteiger partial charge in [0.05, 0.1) is 5.52 Å². The second kappa shape index (κ2) is 6.38. The average molecular weight is 341 g/mol. The lowest BCUT2D eigenvalue weighted by Crippen LogP contribution is -2.30. The van der Waals surface area contributed by atoms with Crippen molar-refractivity contribution < 1.29 is 4.74 Å². The molecule has 0 bridgehead atoms. The molecule has 4 nitrogen and oxygen atoms in total. The first-order valence-electron chi connectivity index (χ1n) is 8.08. The summed E-state index contributed by atoms with van der Waals surface area (Å²) in [4.78, 5) is 17.4. The van der Waals surface area contributed by atoms with Crippen molar-refractivity contribution in [2.45, 2.75) is 18.9 Å². The molecule has 1 aliphatic rings. The van der Waals surface area contributed by atoms with Crippen LogP contribution in [-0.4, -0.2) is 22.8 Å². The third kappa shape index (κ3) is 2.72. The zero-order valence-electron chi connectivity index (χ0n) is 13.1. The Hall–Kier alpha value is -2.17. The zero-order chi connectivity index (χ0) is 16.5. The normalized spacial score (nSPS) is 15.7. The molecule has 0 radical (unpaired) electrons. The minimum absolute atomic E-state index is 0.0165. The summed E-state index contributed by atoms with van der Waals surface area (Å²) in [7, 11) is 0. The smallest absolute Gasteiger partial charge is 0.259 e. The van der Waals surface area contributed by atoms with Gasteiger partial charge in [0.2, 0.25) is 0 Å². The van der Waals surface area contributed by atoms with E-state index >= 15 is 0 Å². The minimum Gasteiger partial charge on any atom is -0.381 e. The molecule has 0 unspecified atom stereocenters. The molecule has 0 amide bonds. The van der Waals surface area contributed by atoms with E-state index in [1.165, 1.54) is 0 Å².